The maximum atomic E-state index is 12.7. The predicted octanol–water partition coefficient (Wildman–Crippen LogP) is 5.80. The second-order valence-electron chi connectivity index (χ2n) is 8.28. The topological polar surface area (TPSA) is 50.3 Å². The van der Waals surface area contributed by atoms with E-state index in [1.165, 1.54) is 23.5 Å². The SMILES string of the molecule is Cc1ccc(C(=O)C2CCN(C(=O)Cc3csc(-c4ccc(C(F)(F)F)cc4)n3)CC2)cc1. The predicted molar refractivity (Wildman–Crippen MR) is 121 cm³/mol. The molecule has 0 atom stereocenters. The van der Waals surface area contributed by atoms with Gasteiger partial charge in [-0.15, -0.1) is 11.3 Å². The molecule has 1 fully saturated rings. The van der Waals surface area contributed by atoms with Crippen LogP contribution in [0.3, 0.4) is 0 Å². The standard InChI is InChI=1S/C25H23F3N2O2S/c1-16-2-4-17(5-3-16)23(32)18-10-12-30(13-11-18)22(31)14-21-15-33-24(29-21)19-6-8-20(9-7-19)25(26,27)28/h2-9,15,18H,10-14H2,1H3. The summed E-state index contributed by atoms with van der Waals surface area (Å²) < 4.78 is 38.2. The number of carbonyl (C=O) groups excluding carboxylic acids is 2. The van der Waals surface area contributed by atoms with Crippen LogP contribution >= 0.6 is 11.3 Å². The highest BCUT2D eigenvalue weighted by molar-refractivity contribution is 7.13. The Bertz CT molecular complexity index is 1130. The van der Waals surface area contributed by atoms with Crippen LogP contribution in [0.2, 0.25) is 0 Å². The van der Waals surface area contributed by atoms with E-state index < -0.39 is 11.7 Å². The summed E-state index contributed by atoms with van der Waals surface area (Å²) in [5, 5.41) is 2.34. The first-order valence-electron chi connectivity index (χ1n) is 10.7. The third kappa shape index (κ3) is 5.50. The number of aromatic nitrogens is 1. The first-order valence-corrected chi connectivity index (χ1v) is 11.6. The normalized spacial score (nSPS) is 15.0. The van der Waals surface area contributed by atoms with Gasteiger partial charge >= 0.3 is 6.18 Å². The van der Waals surface area contributed by atoms with Crippen molar-refractivity contribution in [1.82, 2.24) is 9.88 Å². The van der Waals surface area contributed by atoms with Gasteiger partial charge in [0.1, 0.15) is 5.01 Å². The van der Waals surface area contributed by atoms with Crippen LogP contribution in [-0.2, 0) is 17.4 Å². The summed E-state index contributed by atoms with van der Waals surface area (Å²) in [6.07, 6.45) is -2.98. The van der Waals surface area contributed by atoms with Gasteiger partial charge in [-0.25, -0.2) is 4.98 Å². The fourth-order valence-electron chi connectivity index (χ4n) is 3.93. The molecule has 4 nitrogen and oxygen atoms in total. The quantitative estimate of drug-likeness (QED) is 0.441. The summed E-state index contributed by atoms with van der Waals surface area (Å²) >= 11 is 1.30. The molecule has 8 heteroatoms. The van der Waals surface area contributed by atoms with Crippen LogP contribution in [-0.4, -0.2) is 34.7 Å². The number of thiazole rings is 1. The lowest BCUT2D eigenvalue weighted by molar-refractivity contribution is -0.137. The van der Waals surface area contributed by atoms with Crippen LogP contribution in [0.4, 0.5) is 13.2 Å². The van der Waals surface area contributed by atoms with Crippen LogP contribution in [0.25, 0.3) is 10.6 Å². The Morgan fingerprint density at radius 3 is 2.27 bits per heavy atom. The van der Waals surface area contributed by atoms with Crippen molar-refractivity contribution in [3.05, 3.63) is 76.3 Å². The number of amides is 1. The molecular formula is C25H23F3N2O2S. The van der Waals surface area contributed by atoms with E-state index in [1.54, 1.807) is 10.3 Å². The first kappa shape index (κ1) is 23.2. The fourth-order valence-corrected chi connectivity index (χ4v) is 4.76. The highest BCUT2D eigenvalue weighted by Gasteiger charge is 2.30. The number of carbonyl (C=O) groups is 2. The van der Waals surface area contributed by atoms with Gasteiger partial charge in [0.15, 0.2) is 5.78 Å². The van der Waals surface area contributed by atoms with Gasteiger partial charge in [0, 0.05) is 35.5 Å². The van der Waals surface area contributed by atoms with Crippen molar-refractivity contribution < 1.29 is 22.8 Å². The molecule has 0 unspecified atom stereocenters. The van der Waals surface area contributed by atoms with Gasteiger partial charge < -0.3 is 4.90 Å². The van der Waals surface area contributed by atoms with E-state index in [0.717, 1.165) is 17.7 Å². The molecule has 0 saturated carbocycles. The Kier molecular flexibility index (Phi) is 6.65. The summed E-state index contributed by atoms with van der Waals surface area (Å²) in [6.45, 7) is 3.03. The van der Waals surface area contributed by atoms with E-state index in [2.05, 4.69) is 4.98 Å². The molecular weight excluding hydrogens is 449 g/mol. The number of likely N-dealkylation sites (tertiary alicyclic amines) is 1. The maximum absolute atomic E-state index is 12.7. The van der Waals surface area contributed by atoms with E-state index in [4.69, 9.17) is 0 Å². The molecule has 2 aromatic carbocycles. The van der Waals surface area contributed by atoms with Gasteiger partial charge in [-0.05, 0) is 31.9 Å². The molecule has 1 aliphatic heterocycles. The second kappa shape index (κ2) is 9.47. The van der Waals surface area contributed by atoms with E-state index in [9.17, 15) is 22.8 Å². The Hall–Kier alpha value is -3.00. The van der Waals surface area contributed by atoms with Gasteiger partial charge in [0.25, 0.3) is 0 Å². The van der Waals surface area contributed by atoms with E-state index in [0.29, 0.717) is 47.8 Å². The van der Waals surface area contributed by atoms with Crippen LogP contribution < -0.4 is 0 Å². The van der Waals surface area contributed by atoms with Crippen molar-refractivity contribution in [2.24, 2.45) is 5.92 Å². The van der Waals surface area contributed by atoms with Crippen LogP contribution in [0.1, 0.15) is 40.0 Å². The number of alkyl halides is 3. The Morgan fingerprint density at radius 2 is 1.67 bits per heavy atom. The zero-order valence-electron chi connectivity index (χ0n) is 18.1. The monoisotopic (exact) mass is 472 g/mol. The van der Waals surface area contributed by atoms with Crippen molar-refractivity contribution in [2.75, 3.05) is 13.1 Å². The third-order valence-electron chi connectivity index (χ3n) is 5.90. The summed E-state index contributed by atoms with van der Waals surface area (Å²) in [4.78, 5) is 31.6. The van der Waals surface area contributed by atoms with E-state index in [1.807, 2.05) is 31.2 Å². The molecule has 0 aliphatic carbocycles. The molecule has 1 amide bonds. The summed E-state index contributed by atoms with van der Waals surface area (Å²) in [5.74, 6) is -0.00871. The lowest BCUT2D eigenvalue weighted by Gasteiger charge is -2.31. The van der Waals surface area contributed by atoms with Gasteiger partial charge in [-0.2, -0.15) is 13.2 Å². The molecule has 0 radical (unpaired) electrons. The number of hydrogen-bond acceptors (Lipinski definition) is 4. The smallest absolute Gasteiger partial charge is 0.342 e. The highest BCUT2D eigenvalue weighted by Crippen LogP contribution is 2.32. The molecule has 1 saturated heterocycles. The van der Waals surface area contributed by atoms with Gasteiger partial charge in [-0.3, -0.25) is 9.59 Å². The van der Waals surface area contributed by atoms with Crippen LogP contribution in [0.15, 0.2) is 53.9 Å². The van der Waals surface area contributed by atoms with Gasteiger partial charge in [-0.1, -0.05) is 42.0 Å². The Morgan fingerprint density at radius 1 is 1.03 bits per heavy atom. The number of hydrogen-bond donors (Lipinski definition) is 0. The molecule has 2 heterocycles. The Labute approximate surface area is 194 Å². The number of ketones is 1. The number of halogens is 3. The molecule has 1 aliphatic rings. The second-order valence-corrected chi connectivity index (χ2v) is 9.14. The molecule has 3 aromatic rings. The summed E-state index contributed by atoms with van der Waals surface area (Å²) in [7, 11) is 0. The van der Waals surface area contributed by atoms with E-state index in [-0.39, 0.29) is 24.0 Å². The van der Waals surface area contributed by atoms with Gasteiger partial charge in [0.2, 0.25) is 5.91 Å². The maximum Gasteiger partial charge on any atom is 0.416 e. The molecule has 33 heavy (non-hydrogen) atoms. The minimum absolute atomic E-state index is 0.0551. The molecule has 4 rings (SSSR count). The Balaban J connectivity index is 1.32. The van der Waals surface area contributed by atoms with Crippen molar-refractivity contribution >= 4 is 23.0 Å². The lowest BCUT2D eigenvalue weighted by atomic mass is 9.88. The number of Topliss-reactive ketones (excluding diaryl/α,β-unsaturated/α-hetero) is 1. The molecule has 0 bridgehead atoms. The average molecular weight is 473 g/mol. The zero-order valence-corrected chi connectivity index (χ0v) is 18.9. The number of nitrogens with zero attached hydrogens (tertiary/aromatic N) is 2. The van der Waals surface area contributed by atoms with Crippen molar-refractivity contribution in [1.29, 1.82) is 0 Å². The summed E-state index contributed by atoms with van der Waals surface area (Å²) in [5.41, 5.74) is 2.29. The highest BCUT2D eigenvalue weighted by atomic mass is 32.1. The summed E-state index contributed by atoms with van der Waals surface area (Å²) in [6, 6.07) is 12.4. The molecule has 1 aromatic heterocycles. The lowest BCUT2D eigenvalue weighted by Crippen LogP contribution is -2.41. The van der Waals surface area contributed by atoms with Crippen molar-refractivity contribution in [3.8, 4) is 10.6 Å². The fraction of sp³-hybridized carbons (Fsp3) is 0.320. The largest absolute Gasteiger partial charge is 0.416 e. The van der Waals surface area contributed by atoms with Crippen LogP contribution in [0, 0.1) is 12.8 Å². The number of benzene rings is 2. The van der Waals surface area contributed by atoms with Crippen molar-refractivity contribution in [3.63, 3.8) is 0 Å². The molecule has 172 valence electrons. The average Bonchev–Trinajstić information content (AvgIpc) is 3.27. The number of piperidine rings is 1. The molecule has 0 spiro atoms. The first-order chi connectivity index (χ1) is 15.7. The third-order valence-corrected chi connectivity index (χ3v) is 6.84. The zero-order chi connectivity index (χ0) is 23.6. The number of aryl methyl sites for hydroxylation is 1. The van der Waals surface area contributed by atoms with Crippen LogP contribution in [0.5, 0.6) is 0 Å². The van der Waals surface area contributed by atoms with Crippen molar-refractivity contribution in [2.45, 2.75) is 32.4 Å². The minimum atomic E-state index is -4.38. The van der Waals surface area contributed by atoms with E-state index >= 15 is 0 Å². The number of rotatable bonds is 5. The van der Waals surface area contributed by atoms with Gasteiger partial charge in [0.05, 0.1) is 17.7 Å². The molecule has 0 N–H and O–H groups in total. The minimum Gasteiger partial charge on any atom is -0.342 e.